The fraction of sp³-hybridized carbons (Fsp3) is 0.300. The maximum atomic E-state index is 10.00. The maximum Gasteiger partial charge on any atom is 0.229 e. The second-order valence-corrected chi connectivity index (χ2v) is 6.50. The molecular formula is C20H22O8. The standard InChI is InChI=1S/C20H22O8/c21-10-16-17(24)18(25)19(26)20(28-16)27-15-5-3-11(4-6-15)1-2-12-7-13(22)9-14(23)8-12/h1-9,16-26H,10H2/b2-1+. The lowest BCUT2D eigenvalue weighted by atomic mass is 9.99. The van der Waals surface area contributed by atoms with Crippen LogP contribution in [0.25, 0.3) is 12.2 Å². The van der Waals surface area contributed by atoms with Gasteiger partial charge in [-0.15, -0.1) is 0 Å². The van der Waals surface area contributed by atoms with Crippen LogP contribution in [-0.4, -0.2) is 68.0 Å². The number of aromatic hydroxyl groups is 2. The van der Waals surface area contributed by atoms with Gasteiger partial charge in [-0.05, 0) is 35.4 Å². The summed E-state index contributed by atoms with van der Waals surface area (Å²) in [4.78, 5) is 0. The van der Waals surface area contributed by atoms with E-state index in [1.165, 1.54) is 18.2 Å². The number of hydrogen-bond donors (Lipinski definition) is 6. The van der Waals surface area contributed by atoms with Gasteiger partial charge in [-0.3, -0.25) is 0 Å². The smallest absolute Gasteiger partial charge is 0.229 e. The van der Waals surface area contributed by atoms with Crippen LogP contribution in [-0.2, 0) is 4.74 Å². The molecule has 3 rings (SSSR count). The molecule has 1 fully saturated rings. The highest BCUT2D eigenvalue weighted by Crippen LogP contribution is 2.25. The van der Waals surface area contributed by atoms with E-state index in [1.54, 1.807) is 36.4 Å². The van der Waals surface area contributed by atoms with Gasteiger partial charge in [-0.25, -0.2) is 0 Å². The first kappa shape index (κ1) is 20.1. The van der Waals surface area contributed by atoms with Gasteiger partial charge in [0, 0.05) is 6.07 Å². The van der Waals surface area contributed by atoms with Crippen LogP contribution in [0.4, 0.5) is 0 Å². The topological polar surface area (TPSA) is 140 Å². The third kappa shape index (κ3) is 4.61. The van der Waals surface area contributed by atoms with Gasteiger partial charge < -0.3 is 40.1 Å². The Morgan fingerprint density at radius 3 is 2.04 bits per heavy atom. The minimum atomic E-state index is -1.50. The number of rotatable bonds is 5. The Hall–Kier alpha value is -2.62. The van der Waals surface area contributed by atoms with Gasteiger partial charge in [-0.2, -0.15) is 0 Å². The van der Waals surface area contributed by atoms with Crippen molar-refractivity contribution in [2.75, 3.05) is 6.61 Å². The SMILES string of the molecule is OCC1OC(Oc2ccc(/C=C/c3cc(O)cc(O)c3)cc2)C(O)C(O)C1O. The second-order valence-electron chi connectivity index (χ2n) is 6.50. The van der Waals surface area contributed by atoms with Crippen LogP contribution in [0, 0.1) is 0 Å². The summed E-state index contributed by atoms with van der Waals surface area (Å²) in [6.07, 6.45) is -3.22. The Kier molecular flexibility index (Phi) is 6.18. The van der Waals surface area contributed by atoms with Crippen LogP contribution in [0.2, 0.25) is 0 Å². The van der Waals surface area contributed by atoms with E-state index >= 15 is 0 Å². The lowest BCUT2D eigenvalue weighted by Crippen LogP contribution is -2.60. The van der Waals surface area contributed by atoms with Crippen molar-refractivity contribution in [1.29, 1.82) is 0 Å². The van der Waals surface area contributed by atoms with Crippen LogP contribution in [0.3, 0.4) is 0 Å². The normalized spacial score (nSPS) is 27.8. The summed E-state index contributed by atoms with van der Waals surface area (Å²) in [7, 11) is 0. The summed E-state index contributed by atoms with van der Waals surface area (Å²) in [6.45, 7) is -0.529. The molecule has 8 nitrogen and oxygen atoms in total. The Balaban J connectivity index is 1.66. The lowest BCUT2D eigenvalue weighted by Gasteiger charge is -2.39. The van der Waals surface area contributed by atoms with Crippen LogP contribution in [0.15, 0.2) is 42.5 Å². The van der Waals surface area contributed by atoms with Crippen molar-refractivity contribution in [2.45, 2.75) is 30.7 Å². The van der Waals surface area contributed by atoms with E-state index in [1.807, 2.05) is 0 Å². The van der Waals surface area contributed by atoms with E-state index in [0.717, 1.165) is 5.56 Å². The molecule has 0 amide bonds. The highest BCUT2D eigenvalue weighted by Gasteiger charge is 2.44. The van der Waals surface area contributed by atoms with Crippen LogP contribution in [0.5, 0.6) is 17.2 Å². The molecule has 1 aliphatic heterocycles. The average Bonchev–Trinajstić information content (AvgIpc) is 2.67. The Labute approximate surface area is 161 Å². The highest BCUT2D eigenvalue weighted by atomic mass is 16.7. The second kappa shape index (κ2) is 8.59. The minimum Gasteiger partial charge on any atom is -0.508 e. The third-order valence-electron chi connectivity index (χ3n) is 4.37. The molecule has 6 N–H and O–H groups in total. The Bertz CT molecular complexity index is 797. The molecule has 150 valence electrons. The summed E-state index contributed by atoms with van der Waals surface area (Å²) in [5.74, 6) is 0.280. The van der Waals surface area contributed by atoms with Gasteiger partial charge in [0.15, 0.2) is 0 Å². The Morgan fingerprint density at radius 1 is 0.821 bits per heavy atom. The van der Waals surface area contributed by atoms with Gasteiger partial charge in [-0.1, -0.05) is 24.3 Å². The van der Waals surface area contributed by atoms with E-state index in [4.69, 9.17) is 9.47 Å². The minimum absolute atomic E-state index is 0.0390. The number of phenolic OH excluding ortho intramolecular Hbond substituents is 2. The predicted molar refractivity (Wildman–Crippen MR) is 99.5 cm³/mol. The molecule has 5 atom stereocenters. The van der Waals surface area contributed by atoms with Crippen molar-refractivity contribution in [2.24, 2.45) is 0 Å². The maximum absolute atomic E-state index is 10.00. The summed E-state index contributed by atoms with van der Waals surface area (Å²) in [6, 6.07) is 11.0. The molecule has 1 saturated heterocycles. The molecule has 0 radical (unpaired) electrons. The first-order valence-electron chi connectivity index (χ1n) is 8.65. The average molecular weight is 390 g/mol. The molecule has 0 aliphatic carbocycles. The van der Waals surface area contributed by atoms with Crippen molar-refractivity contribution in [3.63, 3.8) is 0 Å². The van der Waals surface area contributed by atoms with Crippen molar-refractivity contribution in [3.05, 3.63) is 53.6 Å². The zero-order valence-corrected chi connectivity index (χ0v) is 14.8. The summed E-state index contributed by atoms with van der Waals surface area (Å²) in [5.41, 5.74) is 1.43. The molecule has 1 heterocycles. The van der Waals surface area contributed by atoms with Gasteiger partial charge >= 0.3 is 0 Å². The molecule has 2 aromatic carbocycles. The molecular weight excluding hydrogens is 368 g/mol. The van der Waals surface area contributed by atoms with Gasteiger partial charge in [0.2, 0.25) is 6.29 Å². The number of phenols is 2. The molecule has 2 aromatic rings. The fourth-order valence-electron chi connectivity index (χ4n) is 2.86. The first-order valence-corrected chi connectivity index (χ1v) is 8.65. The zero-order valence-electron chi connectivity index (χ0n) is 14.8. The lowest BCUT2D eigenvalue weighted by molar-refractivity contribution is -0.277. The van der Waals surface area contributed by atoms with Crippen LogP contribution >= 0.6 is 0 Å². The molecule has 0 aromatic heterocycles. The van der Waals surface area contributed by atoms with Crippen molar-refractivity contribution in [3.8, 4) is 17.2 Å². The van der Waals surface area contributed by atoms with E-state index < -0.39 is 37.3 Å². The number of hydrogen-bond acceptors (Lipinski definition) is 8. The van der Waals surface area contributed by atoms with Gasteiger partial charge in [0.1, 0.15) is 41.7 Å². The van der Waals surface area contributed by atoms with E-state index in [0.29, 0.717) is 11.3 Å². The first-order chi connectivity index (χ1) is 13.4. The number of benzene rings is 2. The van der Waals surface area contributed by atoms with Crippen LogP contribution < -0.4 is 4.74 Å². The van der Waals surface area contributed by atoms with E-state index in [-0.39, 0.29) is 11.5 Å². The largest absolute Gasteiger partial charge is 0.508 e. The predicted octanol–water partition coefficient (Wildman–Crippen LogP) is 0.447. The number of aliphatic hydroxyl groups is 4. The molecule has 0 spiro atoms. The van der Waals surface area contributed by atoms with Gasteiger partial charge in [0.25, 0.3) is 0 Å². The molecule has 28 heavy (non-hydrogen) atoms. The van der Waals surface area contributed by atoms with Crippen molar-refractivity contribution in [1.82, 2.24) is 0 Å². The third-order valence-corrected chi connectivity index (χ3v) is 4.37. The van der Waals surface area contributed by atoms with Crippen molar-refractivity contribution >= 4 is 12.2 Å². The molecule has 0 saturated carbocycles. The fourth-order valence-corrected chi connectivity index (χ4v) is 2.86. The van der Waals surface area contributed by atoms with E-state index in [9.17, 15) is 30.6 Å². The number of ether oxygens (including phenoxy) is 2. The summed E-state index contributed by atoms with van der Waals surface area (Å²) in [5, 5.41) is 57.7. The zero-order chi connectivity index (χ0) is 20.3. The molecule has 8 heteroatoms. The molecule has 5 unspecified atom stereocenters. The highest BCUT2D eigenvalue weighted by molar-refractivity contribution is 5.71. The summed E-state index contributed by atoms with van der Waals surface area (Å²) < 4.78 is 10.8. The molecule has 1 aliphatic rings. The number of aliphatic hydroxyl groups excluding tert-OH is 4. The van der Waals surface area contributed by atoms with Crippen molar-refractivity contribution < 1.29 is 40.1 Å². The molecule has 0 bridgehead atoms. The monoisotopic (exact) mass is 390 g/mol. The quantitative estimate of drug-likeness (QED) is 0.405. The van der Waals surface area contributed by atoms with E-state index in [2.05, 4.69) is 0 Å². The summed E-state index contributed by atoms with van der Waals surface area (Å²) >= 11 is 0. The van der Waals surface area contributed by atoms with Gasteiger partial charge in [0.05, 0.1) is 6.61 Å². The van der Waals surface area contributed by atoms with Crippen LogP contribution in [0.1, 0.15) is 11.1 Å². The Morgan fingerprint density at radius 2 is 1.43 bits per heavy atom.